The van der Waals surface area contributed by atoms with Crippen molar-refractivity contribution in [1.82, 2.24) is 4.31 Å². The Morgan fingerprint density at radius 2 is 2.24 bits per heavy atom. The van der Waals surface area contributed by atoms with E-state index in [-0.39, 0.29) is 30.6 Å². The maximum absolute atomic E-state index is 13.9. The van der Waals surface area contributed by atoms with Gasteiger partial charge in [0.1, 0.15) is 10.7 Å². The SMILES string of the molecule is CCN(CC1CCCO1)S(=O)(=O)c1cc(CN)ccc1F. The van der Waals surface area contributed by atoms with Crippen LogP contribution in [0.5, 0.6) is 0 Å². The fraction of sp³-hybridized carbons (Fsp3) is 0.571. The monoisotopic (exact) mass is 316 g/mol. The summed E-state index contributed by atoms with van der Waals surface area (Å²) in [5.41, 5.74) is 6.09. The lowest BCUT2D eigenvalue weighted by molar-refractivity contribution is 0.0946. The summed E-state index contributed by atoms with van der Waals surface area (Å²) in [6.45, 7) is 3.08. The number of likely N-dealkylation sites (N-methyl/N-ethyl adjacent to an activating group) is 1. The molecule has 1 aliphatic heterocycles. The average Bonchev–Trinajstić information content (AvgIpc) is 2.98. The van der Waals surface area contributed by atoms with Gasteiger partial charge in [-0.2, -0.15) is 4.31 Å². The number of ether oxygens (including phenoxy) is 1. The third kappa shape index (κ3) is 3.60. The molecule has 0 spiro atoms. The third-order valence-electron chi connectivity index (χ3n) is 3.63. The van der Waals surface area contributed by atoms with Crippen molar-refractivity contribution in [3.63, 3.8) is 0 Å². The Labute approximate surface area is 124 Å². The van der Waals surface area contributed by atoms with Gasteiger partial charge >= 0.3 is 0 Å². The van der Waals surface area contributed by atoms with E-state index in [1.54, 1.807) is 6.92 Å². The Kier molecular flexibility index (Phi) is 5.32. The van der Waals surface area contributed by atoms with Gasteiger partial charge in [0.25, 0.3) is 0 Å². The van der Waals surface area contributed by atoms with Gasteiger partial charge in [-0.15, -0.1) is 0 Å². The first-order valence-corrected chi connectivity index (χ1v) is 8.53. The molecule has 1 heterocycles. The van der Waals surface area contributed by atoms with E-state index in [4.69, 9.17) is 10.5 Å². The zero-order valence-electron chi connectivity index (χ0n) is 12.1. The number of nitrogens with two attached hydrogens (primary N) is 1. The molecule has 0 aromatic heterocycles. The molecular weight excluding hydrogens is 295 g/mol. The Hall–Kier alpha value is -1.02. The molecule has 1 saturated heterocycles. The molecule has 0 saturated carbocycles. The molecule has 2 N–H and O–H groups in total. The van der Waals surface area contributed by atoms with E-state index < -0.39 is 15.8 Å². The van der Waals surface area contributed by atoms with Crippen molar-refractivity contribution in [3.8, 4) is 0 Å². The Morgan fingerprint density at radius 3 is 2.81 bits per heavy atom. The quantitative estimate of drug-likeness (QED) is 0.863. The Morgan fingerprint density at radius 1 is 1.48 bits per heavy atom. The largest absolute Gasteiger partial charge is 0.377 e. The van der Waals surface area contributed by atoms with Crippen LogP contribution in [0.4, 0.5) is 4.39 Å². The predicted molar refractivity (Wildman–Crippen MR) is 77.7 cm³/mol. The fourth-order valence-corrected chi connectivity index (χ4v) is 4.02. The standard InChI is InChI=1S/C14H21FN2O3S/c1-2-17(10-12-4-3-7-20-12)21(18,19)14-8-11(9-16)5-6-13(14)15/h5-6,8,12H,2-4,7,9-10,16H2,1H3. The third-order valence-corrected chi connectivity index (χ3v) is 5.59. The van der Waals surface area contributed by atoms with E-state index in [0.29, 0.717) is 12.2 Å². The van der Waals surface area contributed by atoms with Gasteiger partial charge < -0.3 is 10.5 Å². The highest BCUT2D eigenvalue weighted by Crippen LogP contribution is 2.23. The van der Waals surface area contributed by atoms with E-state index in [2.05, 4.69) is 0 Å². The minimum atomic E-state index is -3.88. The van der Waals surface area contributed by atoms with E-state index in [0.717, 1.165) is 18.9 Å². The van der Waals surface area contributed by atoms with Gasteiger partial charge in [-0.25, -0.2) is 12.8 Å². The van der Waals surface area contributed by atoms with E-state index >= 15 is 0 Å². The molecule has 0 amide bonds. The highest BCUT2D eigenvalue weighted by Gasteiger charge is 2.30. The lowest BCUT2D eigenvalue weighted by atomic mass is 10.2. The number of nitrogens with zero attached hydrogens (tertiary/aromatic N) is 1. The maximum atomic E-state index is 13.9. The molecule has 1 fully saturated rings. The van der Waals surface area contributed by atoms with Crippen LogP contribution in [0.3, 0.4) is 0 Å². The van der Waals surface area contributed by atoms with Crippen LogP contribution in [0.15, 0.2) is 23.1 Å². The zero-order chi connectivity index (χ0) is 15.5. The van der Waals surface area contributed by atoms with Gasteiger partial charge in [-0.3, -0.25) is 0 Å². The highest BCUT2D eigenvalue weighted by atomic mass is 32.2. The zero-order valence-corrected chi connectivity index (χ0v) is 12.9. The summed E-state index contributed by atoms with van der Waals surface area (Å²) in [7, 11) is -3.88. The molecule has 1 aliphatic rings. The molecule has 118 valence electrons. The highest BCUT2D eigenvalue weighted by molar-refractivity contribution is 7.89. The lowest BCUT2D eigenvalue weighted by Crippen LogP contribution is -2.37. The second-order valence-electron chi connectivity index (χ2n) is 5.06. The number of rotatable bonds is 6. The second kappa shape index (κ2) is 6.83. The lowest BCUT2D eigenvalue weighted by Gasteiger charge is -2.23. The topological polar surface area (TPSA) is 72.6 Å². The van der Waals surface area contributed by atoms with Crippen LogP contribution >= 0.6 is 0 Å². The summed E-state index contributed by atoms with van der Waals surface area (Å²) in [4.78, 5) is -0.315. The van der Waals surface area contributed by atoms with Crippen LogP contribution in [-0.2, 0) is 21.3 Å². The van der Waals surface area contributed by atoms with Crippen LogP contribution in [0.1, 0.15) is 25.3 Å². The number of benzene rings is 1. The molecule has 7 heteroatoms. The molecule has 2 rings (SSSR count). The molecule has 0 radical (unpaired) electrons. The predicted octanol–water partition coefficient (Wildman–Crippen LogP) is 1.47. The fourth-order valence-electron chi connectivity index (χ4n) is 2.42. The average molecular weight is 316 g/mol. The van der Waals surface area contributed by atoms with E-state index in [1.807, 2.05) is 0 Å². The second-order valence-corrected chi connectivity index (χ2v) is 6.97. The first kappa shape index (κ1) is 16.4. The summed E-state index contributed by atoms with van der Waals surface area (Å²) >= 11 is 0. The minimum Gasteiger partial charge on any atom is -0.377 e. The molecule has 21 heavy (non-hydrogen) atoms. The van der Waals surface area contributed by atoms with Crippen molar-refractivity contribution >= 4 is 10.0 Å². The molecule has 1 aromatic carbocycles. The Bertz CT molecular complexity index is 586. The van der Waals surface area contributed by atoms with Crippen molar-refractivity contribution in [1.29, 1.82) is 0 Å². The Balaban J connectivity index is 2.29. The maximum Gasteiger partial charge on any atom is 0.246 e. The molecule has 0 aliphatic carbocycles. The molecule has 1 atom stereocenters. The summed E-state index contributed by atoms with van der Waals surface area (Å²) in [5.74, 6) is -0.752. The molecule has 0 bridgehead atoms. The number of sulfonamides is 1. The minimum absolute atomic E-state index is 0.111. The first-order valence-electron chi connectivity index (χ1n) is 7.09. The van der Waals surface area contributed by atoms with Gasteiger partial charge in [0.2, 0.25) is 10.0 Å². The van der Waals surface area contributed by atoms with Crippen LogP contribution in [0.25, 0.3) is 0 Å². The number of hydrogen-bond donors (Lipinski definition) is 1. The van der Waals surface area contributed by atoms with Crippen molar-refractivity contribution < 1.29 is 17.5 Å². The molecule has 5 nitrogen and oxygen atoms in total. The normalized spacial score (nSPS) is 19.3. The first-order chi connectivity index (χ1) is 9.98. The van der Waals surface area contributed by atoms with Gasteiger partial charge in [0.15, 0.2) is 0 Å². The molecular formula is C14H21FN2O3S. The van der Waals surface area contributed by atoms with Gasteiger partial charge in [-0.05, 0) is 30.5 Å². The van der Waals surface area contributed by atoms with E-state index in [1.165, 1.54) is 16.4 Å². The summed E-state index contributed by atoms with van der Waals surface area (Å²) in [5, 5.41) is 0. The van der Waals surface area contributed by atoms with Gasteiger partial charge in [0, 0.05) is 26.2 Å². The van der Waals surface area contributed by atoms with Crippen LogP contribution in [0.2, 0.25) is 0 Å². The van der Waals surface area contributed by atoms with Gasteiger partial charge in [0.05, 0.1) is 6.10 Å². The summed E-state index contributed by atoms with van der Waals surface area (Å²) < 4.78 is 45.9. The van der Waals surface area contributed by atoms with Crippen molar-refractivity contribution in [2.75, 3.05) is 19.7 Å². The van der Waals surface area contributed by atoms with Gasteiger partial charge in [-0.1, -0.05) is 13.0 Å². The summed E-state index contributed by atoms with van der Waals surface area (Å²) in [6, 6.07) is 3.95. The van der Waals surface area contributed by atoms with Crippen molar-refractivity contribution in [2.24, 2.45) is 5.73 Å². The number of halogens is 1. The number of hydrogen-bond acceptors (Lipinski definition) is 4. The van der Waals surface area contributed by atoms with Crippen molar-refractivity contribution in [2.45, 2.75) is 37.3 Å². The van der Waals surface area contributed by atoms with Crippen LogP contribution in [-0.4, -0.2) is 38.5 Å². The van der Waals surface area contributed by atoms with E-state index in [9.17, 15) is 12.8 Å². The smallest absolute Gasteiger partial charge is 0.246 e. The molecule has 1 unspecified atom stereocenters. The molecule has 1 aromatic rings. The summed E-state index contributed by atoms with van der Waals surface area (Å²) in [6.07, 6.45) is 1.65. The van der Waals surface area contributed by atoms with Crippen LogP contribution in [0, 0.1) is 5.82 Å². The van der Waals surface area contributed by atoms with Crippen LogP contribution < -0.4 is 5.73 Å². The van der Waals surface area contributed by atoms with Crippen molar-refractivity contribution in [3.05, 3.63) is 29.6 Å².